The van der Waals surface area contributed by atoms with Crippen molar-refractivity contribution in [2.75, 3.05) is 24.5 Å². The third kappa shape index (κ3) is 3.02. The van der Waals surface area contributed by atoms with E-state index in [4.69, 9.17) is 0 Å². The van der Waals surface area contributed by atoms with Crippen molar-refractivity contribution in [3.8, 4) is 0 Å². The molecule has 1 saturated heterocycles. The summed E-state index contributed by atoms with van der Waals surface area (Å²) in [6.07, 6.45) is 3.18. The number of hydrogen-bond acceptors (Lipinski definition) is 4. The van der Waals surface area contributed by atoms with Crippen LogP contribution in [0, 0.1) is 5.82 Å². The van der Waals surface area contributed by atoms with Crippen molar-refractivity contribution in [1.82, 2.24) is 9.47 Å². The van der Waals surface area contributed by atoms with Crippen LogP contribution in [0.25, 0.3) is 10.9 Å². The van der Waals surface area contributed by atoms with Crippen LogP contribution in [0.4, 0.5) is 10.1 Å². The molecule has 28 heavy (non-hydrogen) atoms. The average molecular weight is 387 g/mol. The number of benzene rings is 1. The first kappa shape index (κ1) is 18.5. The summed E-state index contributed by atoms with van der Waals surface area (Å²) in [6.45, 7) is 4.93. The number of halogens is 1. The van der Waals surface area contributed by atoms with Crippen LogP contribution in [0.2, 0.25) is 0 Å². The van der Waals surface area contributed by atoms with E-state index in [2.05, 4.69) is 0 Å². The number of anilines is 1. The van der Waals surface area contributed by atoms with E-state index < -0.39 is 17.2 Å². The van der Waals surface area contributed by atoms with E-state index in [1.165, 1.54) is 13.1 Å². The molecule has 7 nitrogen and oxygen atoms in total. The Kier molecular flexibility index (Phi) is 4.36. The van der Waals surface area contributed by atoms with Gasteiger partial charge < -0.3 is 19.5 Å². The van der Waals surface area contributed by atoms with E-state index in [0.29, 0.717) is 30.8 Å². The zero-order chi connectivity index (χ0) is 20.2. The van der Waals surface area contributed by atoms with Crippen LogP contribution < -0.4 is 10.3 Å². The number of carboxylic acid groups (broad SMARTS) is 1. The Bertz CT molecular complexity index is 1040. The molecule has 1 aromatic carbocycles. The number of carbonyl (C=O) groups is 2. The van der Waals surface area contributed by atoms with E-state index in [1.54, 1.807) is 15.5 Å². The molecule has 1 saturated carbocycles. The van der Waals surface area contributed by atoms with Crippen molar-refractivity contribution in [2.45, 2.75) is 38.8 Å². The summed E-state index contributed by atoms with van der Waals surface area (Å²) in [7, 11) is 0. The summed E-state index contributed by atoms with van der Waals surface area (Å²) in [4.78, 5) is 39.3. The second-order valence-corrected chi connectivity index (χ2v) is 7.64. The number of piperazine rings is 1. The maximum atomic E-state index is 14.9. The summed E-state index contributed by atoms with van der Waals surface area (Å²) in [5, 5.41) is 9.42. The Hall–Kier alpha value is -2.90. The van der Waals surface area contributed by atoms with Gasteiger partial charge in [-0.1, -0.05) is 0 Å². The van der Waals surface area contributed by atoms with Crippen molar-refractivity contribution in [3.05, 3.63) is 39.9 Å². The molecule has 2 fully saturated rings. The lowest BCUT2D eigenvalue weighted by Crippen LogP contribution is -2.53. The van der Waals surface area contributed by atoms with E-state index in [1.807, 2.05) is 11.8 Å². The molecular weight excluding hydrogens is 365 g/mol. The molecule has 1 aliphatic carbocycles. The highest BCUT2D eigenvalue weighted by molar-refractivity contribution is 5.93. The van der Waals surface area contributed by atoms with Crippen LogP contribution in [0.1, 0.15) is 43.1 Å². The van der Waals surface area contributed by atoms with Gasteiger partial charge in [-0.2, -0.15) is 0 Å². The number of carboxylic acids is 1. The lowest BCUT2D eigenvalue weighted by atomic mass is 10.1. The van der Waals surface area contributed by atoms with Crippen molar-refractivity contribution in [2.24, 2.45) is 0 Å². The fourth-order valence-electron chi connectivity index (χ4n) is 4.05. The highest BCUT2D eigenvalue weighted by Gasteiger charge is 2.30. The van der Waals surface area contributed by atoms with Gasteiger partial charge in [0.05, 0.1) is 11.2 Å². The SMILES string of the molecule is CC(=O)N1CCN(c2cc3c(cc2F)c(=O)c(C(=O)O)cn3C2CC2)C[C@H]1C. The number of nitrogens with zero attached hydrogens (tertiary/aromatic N) is 3. The van der Waals surface area contributed by atoms with Crippen LogP contribution in [0.5, 0.6) is 0 Å². The Labute approximate surface area is 161 Å². The highest BCUT2D eigenvalue weighted by Crippen LogP contribution is 2.38. The summed E-state index contributed by atoms with van der Waals surface area (Å²) < 4.78 is 16.7. The molecule has 0 radical (unpaired) electrons. The maximum absolute atomic E-state index is 14.9. The first-order valence-corrected chi connectivity index (χ1v) is 9.41. The minimum absolute atomic E-state index is 0.00472. The molecule has 1 amide bonds. The number of amides is 1. The molecule has 4 rings (SSSR count). The Morgan fingerprint density at radius 3 is 2.50 bits per heavy atom. The van der Waals surface area contributed by atoms with E-state index in [0.717, 1.165) is 18.9 Å². The smallest absolute Gasteiger partial charge is 0.341 e. The molecule has 1 atom stereocenters. The molecule has 2 heterocycles. The molecular formula is C20H22FN3O4. The summed E-state index contributed by atoms with van der Waals surface area (Å²) >= 11 is 0. The predicted molar refractivity (Wildman–Crippen MR) is 102 cm³/mol. The molecule has 2 aliphatic rings. The van der Waals surface area contributed by atoms with Crippen molar-refractivity contribution >= 4 is 28.5 Å². The number of fused-ring (bicyclic) bond motifs is 1. The van der Waals surface area contributed by atoms with Gasteiger partial charge in [0.1, 0.15) is 11.4 Å². The molecule has 2 aromatic rings. The number of aromatic carboxylic acids is 1. The molecule has 0 unspecified atom stereocenters. The van der Waals surface area contributed by atoms with Gasteiger partial charge in [0.2, 0.25) is 11.3 Å². The first-order valence-electron chi connectivity index (χ1n) is 9.41. The fourth-order valence-corrected chi connectivity index (χ4v) is 4.05. The van der Waals surface area contributed by atoms with Crippen LogP contribution in [0.15, 0.2) is 23.1 Å². The van der Waals surface area contributed by atoms with Gasteiger partial charge >= 0.3 is 5.97 Å². The Balaban J connectivity index is 1.81. The fraction of sp³-hybridized carbons (Fsp3) is 0.450. The molecule has 1 N–H and O–H groups in total. The van der Waals surface area contributed by atoms with Crippen LogP contribution in [-0.2, 0) is 4.79 Å². The summed E-state index contributed by atoms with van der Waals surface area (Å²) in [6, 6.07) is 2.88. The van der Waals surface area contributed by atoms with Gasteiger partial charge in [0.15, 0.2) is 0 Å². The quantitative estimate of drug-likeness (QED) is 0.873. The van der Waals surface area contributed by atoms with E-state index in [9.17, 15) is 23.9 Å². The topological polar surface area (TPSA) is 82.8 Å². The summed E-state index contributed by atoms with van der Waals surface area (Å²) in [5.41, 5.74) is -0.0789. The number of hydrogen-bond donors (Lipinski definition) is 1. The third-order valence-corrected chi connectivity index (χ3v) is 5.64. The molecule has 1 aromatic heterocycles. The van der Waals surface area contributed by atoms with Crippen molar-refractivity contribution < 1.29 is 19.1 Å². The van der Waals surface area contributed by atoms with Gasteiger partial charge in [-0.25, -0.2) is 9.18 Å². The molecule has 0 bridgehead atoms. The predicted octanol–water partition coefficient (Wildman–Crippen LogP) is 2.23. The number of rotatable bonds is 3. The highest BCUT2D eigenvalue weighted by atomic mass is 19.1. The standard InChI is InChI=1S/C20H22FN3O4/c1-11-9-22(5-6-23(11)12(2)25)18-8-17-14(7-16(18)21)19(26)15(20(27)28)10-24(17)13-3-4-13/h7-8,10-11,13H,3-6,9H2,1-2H3,(H,27,28)/t11-/m1/s1. The van der Waals surface area contributed by atoms with Crippen LogP contribution in [-0.4, -0.2) is 52.1 Å². The minimum atomic E-state index is -1.31. The summed E-state index contributed by atoms with van der Waals surface area (Å²) in [5.74, 6) is -1.87. The first-order chi connectivity index (χ1) is 13.3. The zero-order valence-corrected chi connectivity index (χ0v) is 15.8. The van der Waals surface area contributed by atoms with E-state index >= 15 is 0 Å². The minimum Gasteiger partial charge on any atom is -0.477 e. The second-order valence-electron chi connectivity index (χ2n) is 7.64. The average Bonchev–Trinajstić information content (AvgIpc) is 3.46. The second kappa shape index (κ2) is 6.61. The van der Waals surface area contributed by atoms with Crippen molar-refractivity contribution in [3.63, 3.8) is 0 Å². The number of carbonyl (C=O) groups excluding carboxylic acids is 1. The third-order valence-electron chi connectivity index (χ3n) is 5.64. The van der Waals surface area contributed by atoms with Gasteiger partial charge in [0, 0.05) is 50.2 Å². The van der Waals surface area contributed by atoms with E-state index in [-0.39, 0.29) is 28.9 Å². The van der Waals surface area contributed by atoms with Crippen molar-refractivity contribution in [1.29, 1.82) is 0 Å². The van der Waals surface area contributed by atoms with Gasteiger partial charge in [-0.05, 0) is 31.9 Å². The number of pyridine rings is 1. The molecule has 1 aliphatic heterocycles. The lowest BCUT2D eigenvalue weighted by molar-refractivity contribution is -0.131. The van der Waals surface area contributed by atoms with Gasteiger partial charge in [-0.15, -0.1) is 0 Å². The lowest BCUT2D eigenvalue weighted by Gasteiger charge is -2.40. The largest absolute Gasteiger partial charge is 0.477 e. The molecule has 148 valence electrons. The van der Waals surface area contributed by atoms with Gasteiger partial charge in [-0.3, -0.25) is 9.59 Å². The van der Waals surface area contributed by atoms with Crippen LogP contribution in [0.3, 0.4) is 0 Å². The Morgan fingerprint density at radius 2 is 1.93 bits per heavy atom. The van der Waals surface area contributed by atoms with Crippen LogP contribution >= 0.6 is 0 Å². The van der Waals surface area contributed by atoms with Gasteiger partial charge in [0.25, 0.3) is 0 Å². The Morgan fingerprint density at radius 1 is 1.21 bits per heavy atom. The normalized spacial score (nSPS) is 19.9. The zero-order valence-electron chi connectivity index (χ0n) is 15.8. The number of aromatic nitrogens is 1. The molecule has 0 spiro atoms. The monoisotopic (exact) mass is 387 g/mol. The molecule has 8 heteroatoms. The maximum Gasteiger partial charge on any atom is 0.341 e.